The van der Waals surface area contributed by atoms with Gasteiger partial charge in [-0.25, -0.2) is 4.79 Å². The Morgan fingerprint density at radius 3 is 2.62 bits per heavy atom. The van der Waals surface area contributed by atoms with E-state index in [2.05, 4.69) is 11.2 Å². The highest BCUT2D eigenvalue weighted by atomic mass is 35.5. The number of halogens is 1. The van der Waals surface area contributed by atoms with E-state index in [0.29, 0.717) is 0 Å². The quantitative estimate of drug-likeness (QED) is 0.604. The Bertz CT molecular complexity index is 585. The normalized spacial score (nSPS) is 22.5. The third-order valence-electron chi connectivity index (χ3n) is 3.85. The number of hydrogen-bond donors (Lipinski definition) is 0. The maximum absolute atomic E-state index is 11.6. The summed E-state index contributed by atoms with van der Waals surface area (Å²) in [6.07, 6.45) is 8.08. The molecule has 0 spiro atoms. The van der Waals surface area contributed by atoms with E-state index in [4.69, 9.17) is 16.4 Å². The highest BCUT2D eigenvalue weighted by Crippen LogP contribution is 2.30. The molecule has 110 valence electrons. The first-order valence-corrected chi connectivity index (χ1v) is 7.84. The number of allylic oxidation sites excluding steroid dienone is 1. The molecule has 0 amide bonds. The van der Waals surface area contributed by atoms with Crippen molar-refractivity contribution in [1.82, 2.24) is 0 Å². The molecule has 0 radical (unpaired) electrons. The second-order valence-corrected chi connectivity index (χ2v) is 6.09. The van der Waals surface area contributed by atoms with Gasteiger partial charge >= 0.3 is 5.97 Å². The van der Waals surface area contributed by atoms with Crippen LogP contribution in [0.3, 0.4) is 0 Å². The molecular formula is C17H18ClNO2. The third kappa shape index (κ3) is 3.94. The summed E-state index contributed by atoms with van der Waals surface area (Å²) in [4.78, 5) is 16.7. The number of hydrogen-bond acceptors (Lipinski definition) is 3. The fraction of sp³-hybridized carbons (Fsp3) is 0.412. The minimum atomic E-state index is -0.182. The van der Waals surface area contributed by atoms with E-state index in [9.17, 15) is 4.79 Å². The predicted octanol–water partition coefficient (Wildman–Crippen LogP) is 4.61. The number of carbonyl (C=O) groups excluding carboxylic acids is 1. The second-order valence-electron chi connectivity index (χ2n) is 5.65. The van der Waals surface area contributed by atoms with Crippen LogP contribution >= 0.6 is 11.6 Å². The Balaban J connectivity index is 1.75. The number of rotatable bonds is 3. The van der Waals surface area contributed by atoms with Crippen LogP contribution in [-0.2, 0) is 9.63 Å². The van der Waals surface area contributed by atoms with Crippen molar-refractivity contribution < 1.29 is 9.63 Å². The highest BCUT2D eigenvalue weighted by molar-refractivity contribution is 6.30. The highest BCUT2D eigenvalue weighted by Gasteiger charge is 2.32. The molecule has 0 aromatic heterocycles. The number of nitrogens with zero attached hydrogens (tertiary/aromatic N) is 1. The maximum atomic E-state index is 11.6. The van der Waals surface area contributed by atoms with Gasteiger partial charge in [0.2, 0.25) is 0 Å². The minimum Gasteiger partial charge on any atom is -0.318 e. The van der Waals surface area contributed by atoms with Gasteiger partial charge in [-0.3, -0.25) is 0 Å². The topological polar surface area (TPSA) is 38.7 Å². The van der Waals surface area contributed by atoms with E-state index < -0.39 is 0 Å². The summed E-state index contributed by atoms with van der Waals surface area (Å²) in [6.45, 7) is 0. The van der Waals surface area contributed by atoms with Crippen molar-refractivity contribution in [1.29, 1.82) is 0 Å². The largest absolute Gasteiger partial charge is 0.338 e. The SMILES string of the molecule is O=C(O/N=C1\CCCC\C1=C/c1ccc(Cl)cc1)C1CC1. The molecule has 3 rings (SSSR count). The molecule has 0 saturated heterocycles. The van der Waals surface area contributed by atoms with Gasteiger partial charge in [-0.15, -0.1) is 0 Å². The molecule has 2 aliphatic carbocycles. The van der Waals surface area contributed by atoms with E-state index in [1.165, 1.54) is 0 Å². The van der Waals surface area contributed by atoms with Crippen LogP contribution in [0.15, 0.2) is 35.0 Å². The molecule has 4 heteroatoms. The van der Waals surface area contributed by atoms with E-state index >= 15 is 0 Å². The van der Waals surface area contributed by atoms with E-state index in [1.54, 1.807) is 0 Å². The molecule has 3 nitrogen and oxygen atoms in total. The smallest absolute Gasteiger partial charge is 0.318 e. The van der Waals surface area contributed by atoms with Gasteiger partial charge in [-0.2, -0.15) is 0 Å². The van der Waals surface area contributed by atoms with Crippen LogP contribution in [-0.4, -0.2) is 11.7 Å². The Morgan fingerprint density at radius 2 is 1.90 bits per heavy atom. The number of carbonyl (C=O) groups is 1. The van der Waals surface area contributed by atoms with Gasteiger partial charge in [-0.1, -0.05) is 28.9 Å². The Morgan fingerprint density at radius 1 is 1.19 bits per heavy atom. The lowest BCUT2D eigenvalue weighted by Crippen LogP contribution is -2.12. The van der Waals surface area contributed by atoms with Gasteiger partial charge in [-0.05, 0) is 67.9 Å². The molecule has 21 heavy (non-hydrogen) atoms. The van der Waals surface area contributed by atoms with E-state index in [-0.39, 0.29) is 11.9 Å². The molecule has 2 aliphatic rings. The molecule has 0 atom stereocenters. The lowest BCUT2D eigenvalue weighted by molar-refractivity contribution is -0.145. The summed E-state index contributed by atoms with van der Waals surface area (Å²) in [5, 5.41) is 4.84. The van der Waals surface area contributed by atoms with Crippen molar-refractivity contribution in [3.8, 4) is 0 Å². The van der Waals surface area contributed by atoms with E-state index in [1.807, 2.05) is 24.3 Å². The molecule has 1 aromatic carbocycles. The minimum absolute atomic E-state index is 0.0848. The predicted molar refractivity (Wildman–Crippen MR) is 84.1 cm³/mol. The first-order chi connectivity index (χ1) is 10.2. The third-order valence-corrected chi connectivity index (χ3v) is 4.10. The van der Waals surface area contributed by atoms with Crippen LogP contribution < -0.4 is 0 Å². The fourth-order valence-corrected chi connectivity index (χ4v) is 2.55. The molecule has 0 aliphatic heterocycles. The van der Waals surface area contributed by atoms with Crippen LogP contribution in [0.2, 0.25) is 5.02 Å². The molecule has 0 unspecified atom stereocenters. The summed E-state index contributed by atoms with van der Waals surface area (Å²) in [5.41, 5.74) is 3.16. The fourth-order valence-electron chi connectivity index (χ4n) is 2.43. The monoisotopic (exact) mass is 303 g/mol. The molecule has 0 heterocycles. The van der Waals surface area contributed by atoms with Crippen LogP contribution in [0.4, 0.5) is 0 Å². The molecule has 0 bridgehead atoms. The molecule has 0 N–H and O–H groups in total. The van der Waals surface area contributed by atoms with Crippen molar-refractivity contribution >= 4 is 29.4 Å². The zero-order valence-corrected chi connectivity index (χ0v) is 12.6. The summed E-state index contributed by atoms with van der Waals surface area (Å²) in [6, 6.07) is 7.72. The Kier molecular flexibility index (Phi) is 4.39. The van der Waals surface area contributed by atoms with Crippen molar-refractivity contribution in [2.45, 2.75) is 38.5 Å². The second kappa shape index (κ2) is 6.44. The van der Waals surface area contributed by atoms with Crippen molar-refractivity contribution in [3.05, 3.63) is 40.4 Å². The summed E-state index contributed by atoms with van der Waals surface area (Å²) in [7, 11) is 0. The van der Waals surface area contributed by atoms with Crippen molar-refractivity contribution in [2.24, 2.45) is 11.1 Å². The van der Waals surface area contributed by atoms with Crippen molar-refractivity contribution in [2.75, 3.05) is 0 Å². The van der Waals surface area contributed by atoms with Crippen LogP contribution in [0.25, 0.3) is 6.08 Å². The summed E-state index contributed by atoms with van der Waals surface area (Å²) in [5.74, 6) is -0.0967. The van der Waals surface area contributed by atoms with Gasteiger partial charge in [0.15, 0.2) is 0 Å². The number of oxime groups is 1. The first kappa shape index (κ1) is 14.3. The average molecular weight is 304 g/mol. The molecule has 1 aromatic rings. The molecular weight excluding hydrogens is 286 g/mol. The lowest BCUT2D eigenvalue weighted by atomic mass is 9.91. The molecule has 2 fully saturated rings. The maximum Gasteiger partial charge on any atom is 0.338 e. The van der Waals surface area contributed by atoms with Crippen LogP contribution in [0.1, 0.15) is 44.1 Å². The zero-order chi connectivity index (χ0) is 14.7. The van der Waals surface area contributed by atoms with Gasteiger partial charge in [0.05, 0.1) is 11.6 Å². The van der Waals surface area contributed by atoms with Crippen molar-refractivity contribution in [3.63, 3.8) is 0 Å². The summed E-state index contributed by atoms with van der Waals surface area (Å²) >= 11 is 5.90. The zero-order valence-electron chi connectivity index (χ0n) is 11.8. The van der Waals surface area contributed by atoms with Gasteiger partial charge in [0.1, 0.15) is 0 Å². The van der Waals surface area contributed by atoms with E-state index in [0.717, 1.165) is 60.4 Å². The van der Waals surface area contributed by atoms with Gasteiger partial charge in [0.25, 0.3) is 0 Å². The van der Waals surface area contributed by atoms with Crippen LogP contribution in [0.5, 0.6) is 0 Å². The number of benzene rings is 1. The first-order valence-electron chi connectivity index (χ1n) is 7.46. The van der Waals surface area contributed by atoms with Gasteiger partial charge in [0, 0.05) is 5.02 Å². The standard InChI is InChI=1S/C17H18ClNO2/c18-15-9-5-12(6-10-15)11-14-3-1-2-4-16(14)19-21-17(20)13-7-8-13/h5-6,9-11,13H,1-4,7-8H2/b14-11+,19-16+. The molecule has 2 saturated carbocycles. The summed E-state index contributed by atoms with van der Waals surface area (Å²) < 4.78 is 0. The Hall–Kier alpha value is -1.61. The van der Waals surface area contributed by atoms with Gasteiger partial charge < -0.3 is 4.84 Å². The average Bonchev–Trinajstić information content (AvgIpc) is 3.33. The lowest BCUT2D eigenvalue weighted by Gasteiger charge is -2.16. The van der Waals surface area contributed by atoms with Crippen LogP contribution in [0, 0.1) is 5.92 Å². The Labute approximate surface area is 129 Å².